The van der Waals surface area contributed by atoms with Gasteiger partial charge in [0.1, 0.15) is 10.1 Å². The van der Waals surface area contributed by atoms with E-state index in [0.717, 1.165) is 0 Å². The second-order valence-electron chi connectivity index (χ2n) is 4.50. The van der Waals surface area contributed by atoms with Crippen molar-refractivity contribution in [2.24, 2.45) is 0 Å². The summed E-state index contributed by atoms with van der Waals surface area (Å²) in [6.45, 7) is 0. The van der Waals surface area contributed by atoms with E-state index in [1.807, 2.05) is 6.07 Å². The van der Waals surface area contributed by atoms with E-state index in [1.54, 1.807) is 24.3 Å². The Labute approximate surface area is 134 Å². The molecule has 0 bridgehead atoms. The predicted molar refractivity (Wildman–Crippen MR) is 81.6 cm³/mol. The van der Waals surface area contributed by atoms with Crippen molar-refractivity contribution in [3.63, 3.8) is 0 Å². The van der Waals surface area contributed by atoms with Crippen molar-refractivity contribution in [2.75, 3.05) is 7.11 Å². The number of rotatable bonds is 3. The van der Waals surface area contributed by atoms with E-state index in [-0.39, 0.29) is 0 Å². The number of aromatic nitrogens is 2. The Morgan fingerprint density at radius 3 is 2.95 bits per heavy atom. The summed E-state index contributed by atoms with van der Waals surface area (Å²) in [5.74, 6) is 0.302. The lowest BCUT2D eigenvalue weighted by Gasteiger charge is -2.12. The van der Waals surface area contributed by atoms with Crippen molar-refractivity contribution in [3.05, 3.63) is 46.2 Å². The topological polar surface area (TPSA) is 92.2 Å². The molecular weight excluding hydrogens is 350 g/mol. The van der Waals surface area contributed by atoms with Crippen LogP contribution in [0, 0.1) is 11.3 Å². The van der Waals surface area contributed by atoms with Gasteiger partial charge in [-0.1, -0.05) is 0 Å². The number of hydrogen-bond acceptors (Lipinski definition) is 6. The van der Waals surface area contributed by atoms with Gasteiger partial charge in [-0.15, -0.1) is 0 Å². The molecule has 3 aromatic rings. The van der Waals surface area contributed by atoms with Crippen LogP contribution in [0.25, 0.3) is 22.6 Å². The molecule has 6 nitrogen and oxygen atoms in total. The Balaban J connectivity index is 2.17. The molecule has 0 fully saturated rings. The third-order valence-electron chi connectivity index (χ3n) is 3.14. The number of oxazole rings is 1. The number of ether oxygens (including phenoxy) is 1. The molecule has 1 atom stereocenters. The maximum absolute atomic E-state index is 9.97. The predicted octanol–water partition coefficient (Wildman–Crippen LogP) is 3.16. The van der Waals surface area contributed by atoms with Gasteiger partial charge in [-0.05, 0) is 34.1 Å². The van der Waals surface area contributed by atoms with Crippen molar-refractivity contribution in [1.29, 1.82) is 5.26 Å². The number of hydrogen-bond donors (Lipinski definition) is 1. The van der Waals surface area contributed by atoms with E-state index in [2.05, 4.69) is 25.9 Å². The van der Waals surface area contributed by atoms with Crippen LogP contribution >= 0.6 is 15.9 Å². The molecule has 0 saturated heterocycles. The fourth-order valence-electron chi connectivity index (χ4n) is 2.06. The molecule has 1 N–H and O–H groups in total. The van der Waals surface area contributed by atoms with Crippen molar-refractivity contribution < 1.29 is 14.3 Å². The van der Waals surface area contributed by atoms with Crippen LogP contribution < -0.4 is 0 Å². The lowest BCUT2D eigenvalue weighted by molar-refractivity contribution is -0.0766. The highest BCUT2D eigenvalue weighted by atomic mass is 79.9. The first-order valence-electron chi connectivity index (χ1n) is 6.29. The van der Waals surface area contributed by atoms with Gasteiger partial charge in [0.25, 0.3) is 0 Å². The fourth-order valence-corrected chi connectivity index (χ4v) is 2.41. The summed E-state index contributed by atoms with van der Waals surface area (Å²) < 4.78 is 11.2. The van der Waals surface area contributed by atoms with Gasteiger partial charge >= 0.3 is 0 Å². The van der Waals surface area contributed by atoms with Crippen LogP contribution in [0.4, 0.5) is 0 Å². The van der Waals surface area contributed by atoms with Crippen molar-refractivity contribution in [3.8, 4) is 17.5 Å². The SMILES string of the molecule is COC(O)c1cc(Br)ncc1-c1nc2ccc(C#N)cc2o1. The first-order valence-corrected chi connectivity index (χ1v) is 7.09. The van der Waals surface area contributed by atoms with Gasteiger partial charge in [-0.3, -0.25) is 0 Å². The molecule has 110 valence electrons. The van der Waals surface area contributed by atoms with Gasteiger partial charge in [0.2, 0.25) is 5.89 Å². The first kappa shape index (κ1) is 14.7. The molecule has 7 heteroatoms. The summed E-state index contributed by atoms with van der Waals surface area (Å²) in [5.41, 5.74) is 2.61. The molecule has 3 rings (SSSR count). The molecule has 0 aliphatic rings. The van der Waals surface area contributed by atoms with Gasteiger partial charge in [0.05, 0.1) is 17.2 Å². The Kier molecular flexibility index (Phi) is 3.90. The summed E-state index contributed by atoms with van der Waals surface area (Å²) >= 11 is 3.26. The van der Waals surface area contributed by atoms with E-state index in [0.29, 0.717) is 38.3 Å². The largest absolute Gasteiger partial charge is 0.436 e. The number of aliphatic hydroxyl groups excluding tert-OH is 1. The number of aliphatic hydroxyl groups is 1. The Morgan fingerprint density at radius 2 is 2.23 bits per heavy atom. The van der Waals surface area contributed by atoms with Gasteiger partial charge in [-0.2, -0.15) is 5.26 Å². The van der Waals surface area contributed by atoms with Crippen LogP contribution in [0.1, 0.15) is 17.4 Å². The number of pyridine rings is 1. The number of methoxy groups -OCH3 is 1. The van der Waals surface area contributed by atoms with Gasteiger partial charge in [0, 0.05) is 24.9 Å². The number of benzene rings is 1. The molecule has 22 heavy (non-hydrogen) atoms. The quantitative estimate of drug-likeness (QED) is 0.570. The van der Waals surface area contributed by atoms with Crippen LogP contribution in [-0.2, 0) is 4.74 Å². The average molecular weight is 360 g/mol. The molecular formula is C15H10BrN3O3. The lowest BCUT2D eigenvalue weighted by Crippen LogP contribution is -2.03. The van der Waals surface area contributed by atoms with E-state index < -0.39 is 6.29 Å². The lowest BCUT2D eigenvalue weighted by atomic mass is 10.1. The zero-order chi connectivity index (χ0) is 15.7. The molecule has 1 unspecified atom stereocenters. The van der Waals surface area contributed by atoms with E-state index >= 15 is 0 Å². The summed E-state index contributed by atoms with van der Waals surface area (Å²) in [4.78, 5) is 8.50. The van der Waals surface area contributed by atoms with E-state index in [4.69, 9.17) is 14.4 Å². The third kappa shape index (κ3) is 2.60. The number of halogens is 1. The van der Waals surface area contributed by atoms with Crippen molar-refractivity contribution in [1.82, 2.24) is 9.97 Å². The monoisotopic (exact) mass is 359 g/mol. The fraction of sp³-hybridized carbons (Fsp3) is 0.133. The maximum Gasteiger partial charge on any atom is 0.229 e. The highest BCUT2D eigenvalue weighted by Gasteiger charge is 2.19. The zero-order valence-electron chi connectivity index (χ0n) is 11.4. The second-order valence-corrected chi connectivity index (χ2v) is 5.31. The Bertz CT molecular complexity index is 885. The summed E-state index contributed by atoms with van der Waals surface area (Å²) in [5, 5.41) is 18.9. The molecule has 0 amide bonds. The van der Waals surface area contributed by atoms with Crippen LogP contribution in [-0.4, -0.2) is 22.2 Å². The normalized spacial score (nSPS) is 12.3. The van der Waals surface area contributed by atoms with Crippen molar-refractivity contribution in [2.45, 2.75) is 6.29 Å². The minimum Gasteiger partial charge on any atom is -0.436 e. The number of fused-ring (bicyclic) bond motifs is 1. The summed E-state index contributed by atoms with van der Waals surface area (Å²) in [6.07, 6.45) is 0.413. The highest BCUT2D eigenvalue weighted by Crippen LogP contribution is 2.31. The molecule has 0 aliphatic carbocycles. The summed E-state index contributed by atoms with van der Waals surface area (Å²) in [6, 6.07) is 8.68. The number of nitriles is 1. The Hall–Kier alpha value is -2.27. The number of nitrogens with zero attached hydrogens (tertiary/aromatic N) is 3. The molecule has 0 radical (unpaired) electrons. The highest BCUT2D eigenvalue weighted by molar-refractivity contribution is 9.10. The Morgan fingerprint density at radius 1 is 1.41 bits per heavy atom. The van der Waals surface area contributed by atoms with Crippen LogP contribution in [0.2, 0.25) is 0 Å². The first-order chi connectivity index (χ1) is 10.6. The second kappa shape index (κ2) is 5.85. The summed E-state index contributed by atoms with van der Waals surface area (Å²) in [7, 11) is 1.40. The smallest absolute Gasteiger partial charge is 0.229 e. The average Bonchev–Trinajstić information content (AvgIpc) is 2.96. The molecule has 0 spiro atoms. The van der Waals surface area contributed by atoms with Crippen LogP contribution in [0.5, 0.6) is 0 Å². The molecule has 2 aromatic heterocycles. The molecule has 1 aromatic carbocycles. The minimum absolute atomic E-state index is 0.302. The third-order valence-corrected chi connectivity index (χ3v) is 3.57. The standard InChI is InChI=1S/C15H10BrN3O3/c1-21-15(20)9-5-13(16)18-7-10(9)14-19-11-3-2-8(6-17)4-12(11)22-14/h2-5,7,15,20H,1H3. The minimum atomic E-state index is -1.13. The van der Waals surface area contributed by atoms with Gasteiger partial charge in [-0.25, -0.2) is 9.97 Å². The van der Waals surface area contributed by atoms with E-state index in [1.165, 1.54) is 13.3 Å². The van der Waals surface area contributed by atoms with Gasteiger partial charge in [0.15, 0.2) is 11.9 Å². The zero-order valence-corrected chi connectivity index (χ0v) is 13.0. The van der Waals surface area contributed by atoms with Crippen LogP contribution in [0.3, 0.4) is 0 Å². The maximum atomic E-state index is 9.97. The van der Waals surface area contributed by atoms with Crippen LogP contribution in [0.15, 0.2) is 39.5 Å². The van der Waals surface area contributed by atoms with Gasteiger partial charge < -0.3 is 14.3 Å². The van der Waals surface area contributed by atoms with Crippen molar-refractivity contribution >= 4 is 27.0 Å². The van der Waals surface area contributed by atoms with E-state index in [9.17, 15) is 5.11 Å². The molecule has 2 heterocycles. The molecule has 0 aliphatic heterocycles. The molecule has 0 saturated carbocycles.